The first-order chi connectivity index (χ1) is 8.90. The summed E-state index contributed by atoms with van der Waals surface area (Å²) in [6.45, 7) is 7.68. The van der Waals surface area contributed by atoms with Gasteiger partial charge in [0.2, 0.25) is 0 Å². The summed E-state index contributed by atoms with van der Waals surface area (Å²) >= 11 is 0. The highest BCUT2D eigenvalue weighted by Gasteiger charge is 2.18. The van der Waals surface area contributed by atoms with Crippen LogP contribution < -0.4 is 4.74 Å². The van der Waals surface area contributed by atoms with Gasteiger partial charge in [0, 0.05) is 11.6 Å². The highest BCUT2D eigenvalue weighted by atomic mass is 16.5. The van der Waals surface area contributed by atoms with Crippen LogP contribution in [0.1, 0.15) is 35.3 Å². The van der Waals surface area contributed by atoms with Crippen molar-refractivity contribution in [1.82, 2.24) is 4.98 Å². The highest BCUT2D eigenvalue weighted by Crippen LogP contribution is 2.32. The van der Waals surface area contributed by atoms with E-state index < -0.39 is 5.97 Å². The fraction of sp³-hybridized carbons (Fsp3) is 0.333. The molecule has 1 aromatic carbocycles. The second kappa shape index (κ2) is 4.88. The van der Waals surface area contributed by atoms with Crippen LogP contribution in [0.5, 0.6) is 5.75 Å². The van der Waals surface area contributed by atoms with Crippen LogP contribution in [0.3, 0.4) is 0 Å². The lowest BCUT2D eigenvalue weighted by Gasteiger charge is -2.16. The molecule has 0 aliphatic rings. The summed E-state index contributed by atoms with van der Waals surface area (Å²) in [6, 6.07) is 3.93. The van der Waals surface area contributed by atoms with Gasteiger partial charge in [-0.25, -0.2) is 4.79 Å². The summed E-state index contributed by atoms with van der Waals surface area (Å²) in [5, 5.41) is 10.0. The van der Waals surface area contributed by atoms with E-state index in [9.17, 15) is 9.90 Å². The number of carbonyl (C=O) groups is 1. The number of aryl methyl sites for hydroxylation is 2. The van der Waals surface area contributed by atoms with Gasteiger partial charge in [-0.15, -0.1) is 0 Å². The van der Waals surface area contributed by atoms with Crippen molar-refractivity contribution < 1.29 is 14.6 Å². The van der Waals surface area contributed by atoms with Crippen LogP contribution in [-0.2, 0) is 0 Å². The molecule has 2 rings (SSSR count). The number of ether oxygens (including phenoxy) is 1. The van der Waals surface area contributed by atoms with Crippen LogP contribution in [0.4, 0.5) is 0 Å². The summed E-state index contributed by atoms with van der Waals surface area (Å²) in [5.74, 6) is -0.616. The molecule has 0 atom stereocenters. The van der Waals surface area contributed by atoms with E-state index in [0.717, 1.165) is 22.0 Å². The topological polar surface area (TPSA) is 59.4 Å². The number of carboxylic acids is 1. The third-order valence-corrected chi connectivity index (χ3v) is 2.85. The fourth-order valence-corrected chi connectivity index (χ4v) is 2.18. The summed E-state index contributed by atoms with van der Waals surface area (Å²) in [4.78, 5) is 15.5. The standard InChI is InChI=1S/C15H17NO3/c1-8(2)19-14-11(15(17)18)7-16-12-6-9(3)5-10(4)13(12)14/h5-8H,1-4H3,(H,17,18). The predicted molar refractivity (Wildman–Crippen MR) is 73.9 cm³/mol. The van der Waals surface area contributed by atoms with E-state index in [1.807, 2.05) is 39.8 Å². The van der Waals surface area contributed by atoms with Crippen LogP contribution in [0, 0.1) is 13.8 Å². The molecule has 0 aliphatic heterocycles. The van der Waals surface area contributed by atoms with Crippen molar-refractivity contribution >= 4 is 16.9 Å². The smallest absolute Gasteiger partial charge is 0.341 e. The monoisotopic (exact) mass is 259 g/mol. The number of hydrogen-bond acceptors (Lipinski definition) is 3. The van der Waals surface area contributed by atoms with Crippen LogP contribution in [0.2, 0.25) is 0 Å². The molecule has 2 aromatic rings. The number of hydrogen-bond donors (Lipinski definition) is 1. The van der Waals surface area contributed by atoms with Gasteiger partial charge in [-0.05, 0) is 44.9 Å². The average molecular weight is 259 g/mol. The zero-order valence-corrected chi connectivity index (χ0v) is 11.5. The number of aromatic nitrogens is 1. The van der Waals surface area contributed by atoms with E-state index in [1.54, 1.807) is 0 Å². The molecule has 0 aliphatic carbocycles. The van der Waals surface area contributed by atoms with Crippen LogP contribution in [-0.4, -0.2) is 22.2 Å². The number of rotatable bonds is 3. The Hall–Kier alpha value is -2.10. The molecule has 1 N–H and O–H groups in total. The maximum absolute atomic E-state index is 11.3. The molecule has 19 heavy (non-hydrogen) atoms. The fourth-order valence-electron chi connectivity index (χ4n) is 2.18. The van der Waals surface area contributed by atoms with Gasteiger partial charge in [0.25, 0.3) is 0 Å². The van der Waals surface area contributed by atoms with Crippen molar-refractivity contribution in [3.63, 3.8) is 0 Å². The average Bonchev–Trinajstić information content (AvgIpc) is 2.26. The van der Waals surface area contributed by atoms with E-state index in [1.165, 1.54) is 6.20 Å². The minimum absolute atomic E-state index is 0.0931. The number of nitrogens with zero attached hydrogens (tertiary/aromatic N) is 1. The number of carboxylic acid groups (broad SMARTS) is 1. The molecule has 0 unspecified atom stereocenters. The minimum Gasteiger partial charge on any atom is -0.489 e. The largest absolute Gasteiger partial charge is 0.489 e. The van der Waals surface area contributed by atoms with Crippen LogP contribution in [0.15, 0.2) is 18.3 Å². The third-order valence-electron chi connectivity index (χ3n) is 2.85. The van der Waals surface area contributed by atoms with Crippen LogP contribution in [0.25, 0.3) is 10.9 Å². The predicted octanol–water partition coefficient (Wildman–Crippen LogP) is 3.34. The molecule has 0 saturated carbocycles. The molecule has 0 saturated heterocycles. The van der Waals surface area contributed by atoms with Gasteiger partial charge in [0.05, 0.1) is 11.6 Å². The number of pyridine rings is 1. The Balaban J connectivity index is 2.82. The first-order valence-corrected chi connectivity index (χ1v) is 6.20. The molecular formula is C15H17NO3. The quantitative estimate of drug-likeness (QED) is 0.918. The molecule has 0 fully saturated rings. The molecule has 4 nitrogen and oxygen atoms in total. The lowest BCUT2D eigenvalue weighted by Crippen LogP contribution is -2.11. The Morgan fingerprint density at radius 2 is 2.00 bits per heavy atom. The van der Waals surface area contributed by atoms with E-state index in [4.69, 9.17) is 4.74 Å². The number of benzene rings is 1. The van der Waals surface area contributed by atoms with Gasteiger partial charge in [0.15, 0.2) is 0 Å². The number of aromatic carboxylic acids is 1. The molecule has 1 heterocycles. The van der Waals surface area contributed by atoms with Gasteiger partial charge in [0.1, 0.15) is 11.3 Å². The molecule has 0 bridgehead atoms. The molecule has 0 radical (unpaired) electrons. The second-order valence-electron chi connectivity index (χ2n) is 4.95. The number of fused-ring (bicyclic) bond motifs is 1. The van der Waals surface area contributed by atoms with Gasteiger partial charge >= 0.3 is 5.97 Å². The van der Waals surface area contributed by atoms with Crippen molar-refractivity contribution in [2.24, 2.45) is 0 Å². The van der Waals surface area contributed by atoms with Crippen molar-refractivity contribution in [3.05, 3.63) is 35.0 Å². The lowest BCUT2D eigenvalue weighted by atomic mass is 10.0. The SMILES string of the molecule is Cc1cc(C)c2c(OC(C)C)c(C(=O)O)cnc2c1. The Morgan fingerprint density at radius 1 is 1.32 bits per heavy atom. The molecule has 100 valence electrons. The summed E-state index contributed by atoms with van der Waals surface area (Å²) in [5.41, 5.74) is 2.93. The first kappa shape index (κ1) is 13.3. The zero-order valence-electron chi connectivity index (χ0n) is 11.5. The Labute approximate surface area is 112 Å². The lowest BCUT2D eigenvalue weighted by molar-refractivity contribution is 0.0690. The van der Waals surface area contributed by atoms with E-state index in [-0.39, 0.29) is 11.7 Å². The van der Waals surface area contributed by atoms with Crippen molar-refractivity contribution in [2.75, 3.05) is 0 Å². The molecular weight excluding hydrogens is 242 g/mol. The van der Waals surface area contributed by atoms with Gasteiger partial charge < -0.3 is 9.84 Å². The van der Waals surface area contributed by atoms with Crippen LogP contribution >= 0.6 is 0 Å². The third kappa shape index (κ3) is 2.52. The zero-order chi connectivity index (χ0) is 14.2. The second-order valence-corrected chi connectivity index (χ2v) is 4.95. The van der Waals surface area contributed by atoms with Crippen molar-refractivity contribution in [2.45, 2.75) is 33.8 Å². The van der Waals surface area contributed by atoms with Gasteiger partial charge in [-0.3, -0.25) is 4.98 Å². The molecule has 1 aromatic heterocycles. The highest BCUT2D eigenvalue weighted by molar-refractivity contribution is 6.00. The Morgan fingerprint density at radius 3 is 2.58 bits per heavy atom. The Bertz CT molecular complexity index is 647. The summed E-state index contributed by atoms with van der Waals surface area (Å²) in [7, 11) is 0. The van der Waals surface area contributed by atoms with Gasteiger partial charge in [-0.1, -0.05) is 6.07 Å². The minimum atomic E-state index is -1.02. The van der Waals surface area contributed by atoms with Gasteiger partial charge in [-0.2, -0.15) is 0 Å². The van der Waals surface area contributed by atoms with E-state index in [2.05, 4.69) is 4.98 Å². The Kier molecular flexibility index (Phi) is 3.42. The van der Waals surface area contributed by atoms with E-state index >= 15 is 0 Å². The molecule has 0 amide bonds. The maximum Gasteiger partial charge on any atom is 0.341 e. The van der Waals surface area contributed by atoms with E-state index in [0.29, 0.717) is 5.75 Å². The molecule has 4 heteroatoms. The summed E-state index contributed by atoms with van der Waals surface area (Å²) < 4.78 is 5.72. The van der Waals surface area contributed by atoms with Crippen molar-refractivity contribution in [1.29, 1.82) is 0 Å². The maximum atomic E-state index is 11.3. The molecule has 0 spiro atoms. The first-order valence-electron chi connectivity index (χ1n) is 6.20. The van der Waals surface area contributed by atoms with Crippen molar-refractivity contribution in [3.8, 4) is 5.75 Å². The summed E-state index contributed by atoms with van der Waals surface area (Å²) in [6.07, 6.45) is 1.27. The normalized spacial score (nSPS) is 11.0.